The predicted octanol–water partition coefficient (Wildman–Crippen LogP) is 16.0. The van der Waals surface area contributed by atoms with Gasteiger partial charge in [0, 0.05) is 37.2 Å². The largest absolute Gasteiger partial charge is 0.310 e. The maximum Gasteiger partial charge on any atom is 0.0468 e. The van der Waals surface area contributed by atoms with Gasteiger partial charge in [-0.3, -0.25) is 0 Å². The van der Waals surface area contributed by atoms with Gasteiger partial charge in [-0.15, -0.1) is 11.3 Å². The first-order valence-corrected chi connectivity index (χ1v) is 20.0. The molecule has 0 aliphatic heterocycles. The van der Waals surface area contributed by atoms with E-state index in [4.69, 9.17) is 0 Å². The lowest BCUT2D eigenvalue weighted by molar-refractivity contribution is 1.29. The molecule has 262 valence electrons. The van der Waals surface area contributed by atoms with E-state index in [0.29, 0.717) is 0 Å². The predicted molar refractivity (Wildman–Crippen MR) is 243 cm³/mol. The van der Waals surface area contributed by atoms with Crippen molar-refractivity contribution >= 4 is 80.9 Å². The normalized spacial score (nSPS) is 11.6. The Morgan fingerprint density at radius 2 is 0.857 bits per heavy atom. The fourth-order valence-corrected chi connectivity index (χ4v) is 9.64. The van der Waals surface area contributed by atoms with Crippen LogP contribution in [-0.2, 0) is 0 Å². The van der Waals surface area contributed by atoms with E-state index >= 15 is 0 Å². The number of hydrogen-bond acceptors (Lipinski definition) is 2. The van der Waals surface area contributed by atoms with Crippen LogP contribution >= 0.6 is 11.3 Å². The Hall–Kier alpha value is -7.00. The van der Waals surface area contributed by atoms with Gasteiger partial charge in [-0.25, -0.2) is 0 Å². The monoisotopic (exact) mass is 729 g/mol. The fourth-order valence-electron chi connectivity index (χ4n) is 8.52. The highest BCUT2D eigenvalue weighted by Gasteiger charge is 2.17. The van der Waals surface area contributed by atoms with E-state index in [0.717, 1.165) is 17.1 Å². The van der Waals surface area contributed by atoms with E-state index < -0.39 is 0 Å². The van der Waals surface area contributed by atoms with E-state index in [1.807, 2.05) is 11.3 Å². The molecule has 10 aromatic carbocycles. The molecule has 0 aliphatic carbocycles. The molecule has 0 atom stereocenters. The highest BCUT2D eigenvalue weighted by Crippen LogP contribution is 2.43. The Morgan fingerprint density at radius 1 is 0.286 bits per heavy atom. The Balaban J connectivity index is 1.06. The van der Waals surface area contributed by atoms with Crippen LogP contribution in [0.15, 0.2) is 212 Å². The van der Waals surface area contributed by atoms with Gasteiger partial charge in [0.1, 0.15) is 0 Å². The first-order chi connectivity index (χ1) is 27.7. The third-order valence-electron chi connectivity index (χ3n) is 11.2. The van der Waals surface area contributed by atoms with Crippen molar-refractivity contribution in [2.45, 2.75) is 0 Å². The number of benzene rings is 10. The van der Waals surface area contributed by atoms with Gasteiger partial charge in [-0.1, -0.05) is 158 Å². The van der Waals surface area contributed by atoms with Gasteiger partial charge in [0.25, 0.3) is 0 Å². The van der Waals surface area contributed by atoms with Crippen molar-refractivity contribution in [1.82, 2.24) is 0 Å². The number of anilines is 3. The number of thiophene rings is 1. The zero-order valence-corrected chi connectivity index (χ0v) is 31.4. The molecule has 0 amide bonds. The molecule has 1 nitrogen and oxygen atoms in total. The molecular weight excluding hydrogens is 695 g/mol. The first kappa shape index (κ1) is 32.4. The quantitative estimate of drug-likeness (QED) is 0.165. The number of rotatable bonds is 6. The van der Waals surface area contributed by atoms with Crippen molar-refractivity contribution in [2.75, 3.05) is 4.90 Å². The summed E-state index contributed by atoms with van der Waals surface area (Å²) in [6, 6.07) is 77.7. The summed E-state index contributed by atoms with van der Waals surface area (Å²) in [5.41, 5.74) is 10.7. The summed E-state index contributed by atoms with van der Waals surface area (Å²) in [6.45, 7) is 0. The molecule has 0 saturated heterocycles. The summed E-state index contributed by atoms with van der Waals surface area (Å²) in [7, 11) is 0. The molecule has 1 heterocycles. The van der Waals surface area contributed by atoms with Crippen molar-refractivity contribution in [1.29, 1.82) is 0 Å². The van der Waals surface area contributed by atoms with Gasteiger partial charge < -0.3 is 4.90 Å². The third kappa shape index (κ3) is 5.54. The Morgan fingerprint density at radius 3 is 1.62 bits per heavy atom. The fraction of sp³-hybridized carbons (Fsp3) is 0. The second-order valence-corrected chi connectivity index (χ2v) is 15.6. The maximum absolute atomic E-state index is 2.40. The van der Waals surface area contributed by atoms with Gasteiger partial charge >= 0.3 is 0 Å². The highest BCUT2D eigenvalue weighted by molar-refractivity contribution is 7.26. The average molecular weight is 730 g/mol. The molecule has 0 fully saturated rings. The number of fused-ring (bicyclic) bond motifs is 7. The molecular formula is C54H35NS. The molecule has 56 heavy (non-hydrogen) atoms. The van der Waals surface area contributed by atoms with E-state index in [9.17, 15) is 0 Å². The lowest BCUT2D eigenvalue weighted by atomic mass is 9.91. The van der Waals surface area contributed by atoms with Crippen LogP contribution in [0, 0.1) is 0 Å². The zero-order chi connectivity index (χ0) is 37.0. The molecule has 11 aromatic rings. The molecule has 0 saturated carbocycles. The van der Waals surface area contributed by atoms with Crippen LogP contribution < -0.4 is 4.90 Å². The van der Waals surface area contributed by atoms with Crippen molar-refractivity contribution < 1.29 is 0 Å². The van der Waals surface area contributed by atoms with Gasteiger partial charge in [-0.2, -0.15) is 0 Å². The second-order valence-electron chi connectivity index (χ2n) is 14.5. The Bertz CT molecular complexity index is 3230. The summed E-state index contributed by atoms with van der Waals surface area (Å²) in [4.78, 5) is 2.40. The number of hydrogen-bond donors (Lipinski definition) is 0. The maximum atomic E-state index is 2.40. The van der Waals surface area contributed by atoms with E-state index in [1.165, 1.54) is 85.9 Å². The first-order valence-electron chi connectivity index (χ1n) is 19.2. The molecule has 0 bridgehead atoms. The summed E-state index contributed by atoms with van der Waals surface area (Å²) in [5, 5.41) is 10.2. The summed E-state index contributed by atoms with van der Waals surface area (Å²) in [5.74, 6) is 0. The van der Waals surface area contributed by atoms with Crippen LogP contribution in [0.2, 0.25) is 0 Å². The van der Waals surface area contributed by atoms with Crippen LogP contribution in [0.5, 0.6) is 0 Å². The van der Waals surface area contributed by atoms with Crippen molar-refractivity contribution in [2.24, 2.45) is 0 Å². The minimum Gasteiger partial charge on any atom is -0.310 e. The summed E-state index contributed by atoms with van der Waals surface area (Å²) in [6.07, 6.45) is 0. The topological polar surface area (TPSA) is 3.24 Å². The Labute approximate surface area is 330 Å². The van der Waals surface area contributed by atoms with E-state index in [-0.39, 0.29) is 0 Å². The SMILES string of the molecule is c1ccc(-c2cccc3cccc(-c4ccc(N(c5ccc(-c6ccc7ccccc7c6)cc5)c5ccc6ccc7sc8ccccc8c7c6c5)cc4)c23)cc1. The minimum atomic E-state index is 1.11. The molecule has 0 unspecified atom stereocenters. The van der Waals surface area contributed by atoms with Gasteiger partial charge in [0.15, 0.2) is 0 Å². The van der Waals surface area contributed by atoms with Crippen molar-refractivity contribution in [3.05, 3.63) is 212 Å². The molecule has 0 spiro atoms. The summed E-state index contributed by atoms with van der Waals surface area (Å²) < 4.78 is 2.64. The minimum absolute atomic E-state index is 1.11. The van der Waals surface area contributed by atoms with E-state index in [2.05, 4.69) is 217 Å². The van der Waals surface area contributed by atoms with Crippen molar-refractivity contribution in [3.63, 3.8) is 0 Å². The highest BCUT2D eigenvalue weighted by atomic mass is 32.1. The molecule has 2 heteroatoms. The molecule has 1 aromatic heterocycles. The number of nitrogens with zero attached hydrogens (tertiary/aromatic N) is 1. The van der Waals surface area contributed by atoms with Gasteiger partial charge in [-0.05, 0) is 120 Å². The average Bonchev–Trinajstić information content (AvgIpc) is 3.66. The van der Waals surface area contributed by atoms with E-state index in [1.54, 1.807) is 0 Å². The zero-order valence-electron chi connectivity index (χ0n) is 30.6. The Kier molecular flexibility index (Phi) is 7.75. The van der Waals surface area contributed by atoms with Crippen molar-refractivity contribution in [3.8, 4) is 33.4 Å². The van der Waals surface area contributed by atoms with Gasteiger partial charge in [0.05, 0.1) is 0 Å². The third-order valence-corrected chi connectivity index (χ3v) is 12.4. The lowest BCUT2D eigenvalue weighted by Gasteiger charge is -2.26. The molecule has 0 aliphatic rings. The van der Waals surface area contributed by atoms with Crippen LogP contribution in [0.1, 0.15) is 0 Å². The lowest BCUT2D eigenvalue weighted by Crippen LogP contribution is -2.09. The van der Waals surface area contributed by atoms with Crippen LogP contribution in [0.25, 0.3) is 85.9 Å². The summed E-state index contributed by atoms with van der Waals surface area (Å²) >= 11 is 1.87. The smallest absolute Gasteiger partial charge is 0.0468 e. The van der Waals surface area contributed by atoms with Crippen LogP contribution in [0.4, 0.5) is 17.1 Å². The van der Waals surface area contributed by atoms with Gasteiger partial charge in [0.2, 0.25) is 0 Å². The molecule has 0 N–H and O–H groups in total. The molecule has 0 radical (unpaired) electrons. The second kappa shape index (κ2) is 13.4. The van der Waals surface area contributed by atoms with Crippen LogP contribution in [0.3, 0.4) is 0 Å². The standard InChI is InChI=1S/C54H35NS/c1-2-11-38(12-3-1)47-17-8-14-41-15-9-18-48(53(41)47)39-24-30-45(31-25-39)55(44-28-22-37(23-29-44)43-21-20-36-10-4-5-13-42(36)34-43)46-32-26-40-27-33-52-54(50(40)35-46)49-16-6-7-19-51(49)56-52/h1-35H. The van der Waals surface area contributed by atoms with Crippen LogP contribution in [-0.4, -0.2) is 0 Å². The molecule has 11 rings (SSSR count).